The third-order valence-electron chi connectivity index (χ3n) is 3.57. The van der Waals surface area contributed by atoms with E-state index in [1.165, 1.54) is 32.1 Å². The van der Waals surface area contributed by atoms with Crippen LogP contribution in [-0.4, -0.2) is 21.4 Å². The fourth-order valence-corrected chi connectivity index (χ4v) is 3.75. The topological polar surface area (TPSA) is 42.0 Å². The maximum Gasteiger partial charge on any atom is 0.238 e. The highest BCUT2D eigenvalue weighted by Gasteiger charge is 2.21. The quantitative estimate of drug-likeness (QED) is 0.911. The molecule has 0 aromatic carbocycles. The van der Waals surface area contributed by atoms with E-state index in [4.69, 9.17) is 0 Å². The van der Waals surface area contributed by atoms with Crippen molar-refractivity contribution in [1.82, 2.24) is 4.98 Å². The predicted molar refractivity (Wildman–Crippen MR) is 81.5 cm³/mol. The molecule has 1 aromatic heterocycles. The highest BCUT2D eigenvalue weighted by molar-refractivity contribution is 8.01. The van der Waals surface area contributed by atoms with Gasteiger partial charge in [-0.1, -0.05) is 25.3 Å². The molecule has 3 nitrogen and oxygen atoms in total. The lowest BCUT2D eigenvalue weighted by Gasteiger charge is -2.23. The third-order valence-corrected chi connectivity index (χ3v) is 5.05. The van der Waals surface area contributed by atoms with Crippen LogP contribution in [-0.2, 0) is 4.79 Å². The predicted octanol–water partition coefficient (Wildman–Crippen LogP) is 3.78. The van der Waals surface area contributed by atoms with E-state index in [9.17, 15) is 4.79 Å². The molecule has 1 fully saturated rings. The van der Waals surface area contributed by atoms with Crippen LogP contribution >= 0.6 is 11.8 Å². The van der Waals surface area contributed by atoms with Crippen molar-refractivity contribution >= 4 is 23.5 Å². The molecule has 1 unspecified atom stereocenters. The molecule has 1 heterocycles. The summed E-state index contributed by atoms with van der Waals surface area (Å²) in [6.45, 7) is 3.95. The Bertz CT molecular complexity index is 430. The Morgan fingerprint density at radius 2 is 2.16 bits per heavy atom. The molecule has 1 atom stereocenters. The largest absolute Gasteiger partial charge is 0.310 e. The number of pyridine rings is 1. The molecular weight excluding hydrogens is 256 g/mol. The van der Waals surface area contributed by atoms with E-state index in [-0.39, 0.29) is 11.2 Å². The van der Waals surface area contributed by atoms with Gasteiger partial charge in [0.25, 0.3) is 0 Å². The zero-order valence-corrected chi connectivity index (χ0v) is 12.5. The average molecular weight is 278 g/mol. The van der Waals surface area contributed by atoms with Gasteiger partial charge in [-0.15, -0.1) is 11.8 Å². The number of anilines is 1. The van der Waals surface area contributed by atoms with E-state index in [2.05, 4.69) is 10.3 Å². The lowest BCUT2D eigenvalue weighted by molar-refractivity contribution is -0.115. The zero-order valence-electron chi connectivity index (χ0n) is 11.7. The molecule has 1 saturated carbocycles. The van der Waals surface area contributed by atoms with Crippen LogP contribution in [0.5, 0.6) is 0 Å². The van der Waals surface area contributed by atoms with Gasteiger partial charge in [0, 0.05) is 11.4 Å². The van der Waals surface area contributed by atoms with Crippen LogP contribution in [0.15, 0.2) is 18.3 Å². The first-order valence-electron chi connectivity index (χ1n) is 7.05. The number of nitrogens with one attached hydrogen (secondary N) is 1. The average Bonchev–Trinajstić information content (AvgIpc) is 2.42. The maximum atomic E-state index is 12.2. The molecule has 1 aromatic rings. The standard InChI is InChI=1S/C15H22N2OS/c1-11-7-6-10-16-14(11)17-15(18)12(2)19-13-8-4-3-5-9-13/h6-7,10,12-13H,3-5,8-9H2,1-2H3,(H,16,17,18). The summed E-state index contributed by atoms with van der Waals surface area (Å²) < 4.78 is 0. The van der Waals surface area contributed by atoms with Crippen LogP contribution in [0.3, 0.4) is 0 Å². The van der Waals surface area contributed by atoms with E-state index in [0.29, 0.717) is 11.1 Å². The van der Waals surface area contributed by atoms with Crippen LogP contribution in [0.25, 0.3) is 0 Å². The van der Waals surface area contributed by atoms with Gasteiger partial charge in [0.15, 0.2) is 0 Å². The van der Waals surface area contributed by atoms with Crippen LogP contribution in [0.2, 0.25) is 0 Å². The summed E-state index contributed by atoms with van der Waals surface area (Å²) >= 11 is 1.81. The molecule has 104 valence electrons. The van der Waals surface area contributed by atoms with Crippen molar-refractivity contribution in [2.75, 3.05) is 5.32 Å². The van der Waals surface area contributed by atoms with E-state index < -0.39 is 0 Å². The molecule has 19 heavy (non-hydrogen) atoms. The minimum atomic E-state index is -0.00972. The monoisotopic (exact) mass is 278 g/mol. The molecule has 2 rings (SSSR count). The van der Waals surface area contributed by atoms with Crippen LogP contribution in [0.1, 0.15) is 44.6 Å². The fraction of sp³-hybridized carbons (Fsp3) is 0.600. The Kier molecular flexibility index (Phi) is 5.25. The van der Waals surface area contributed by atoms with E-state index in [0.717, 1.165) is 5.56 Å². The smallest absolute Gasteiger partial charge is 0.238 e. The van der Waals surface area contributed by atoms with Gasteiger partial charge in [0.1, 0.15) is 5.82 Å². The van der Waals surface area contributed by atoms with Crippen LogP contribution < -0.4 is 5.32 Å². The SMILES string of the molecule is Cc1cccnc1NC(=O)C(C)SC1CCCCC1. The molecule has 0 saturated heterocycles. The first kappa shape index (κ1) is 14.4. The number of carbonyl (C=O) groups excluding carboxylic acids is 1. The van der Waals surface area contributed by atoms with Crippen molar-refractivity contribution in [2.45, 2.75) is 56.5 Å². The van der Waals surface area contributed by atoms with E-state index in [1.807, 2.05) is 37.7 Å². The van der Waals surface area contributed by atoms with Crippen LogP contribution in [0.4, 0.5) is 5.82 Å². The van der Waals surface area contributed by atoms with Gasteiger partial charge in [-0.2, -0.15) is 0 Å². The van der Waals surface area contributed by atoms with Gasteiger partial charge < -0.3 is 5.32 Å². The first-order valence-corrected chi connectivity index (χ1v) is 7.99. The summed E-state index contributed by atoms with van der Waals surface area (Å²) in [5, 5.41) is 3.57. The Labute approximate surface area is 119 Å². The third kappa shape index (κ3) is 4.23. The zero-order chi connectivity index (χ0) is 13.7. The fourth-order valence-electron chi connectivity index (χ4n) is 2.39. The molecule has 0 radical (unpaired) electrons. The van der Waals surface area contributed by atoms with Gasteiger partial charge in [-0.05, 0) is 38.3 Å². The van der Waals surface area contributed by atoms with Crippen LogP contribution in [0, 0.1) is 6.92 Å². The number of hydrogen-bond donors (Lipinski definition) is 1. The van der Waals surface area contributed by atoms with Crippen molar-refractivity contribution in [3.8, 4) is 0 Å². The molecule has 0 aliphatic heterocycles. The normalized spacial score (nSPS) is 18.0. The van der Waals surface area contributed by atoms with E-state index >= 15 is 0 Å². The summed E-state index contributed by atoms with van der Waals surface area (Å²) in [6.07, 6.45) is 8.19. The van der Waals surface area contributed by atoms with Gasteiger partial charge in [-0.25, -0.2) is 4.98 Å². The second-order valence-corrected chi connectivity index (χ2v) is 6.84. The van der Waals surface area contributed by atoms with Gasteiger partial charge >= 0.3 is 0 Å². The summed E-state index contributed by atoms with van der Waals surface area (Å²) in [5.74, 6) is 0.751. The summed E-state index contributed by atoms with van der Waals surface area (Å²) in [4.78, 5) is 16.4. The van der Waals surface area contributed by atoms with Crippen molar-refractivity contribution in [3.05, 3.63) is 23.9 Å². The number of thioether (sulfide) groups is 1. The molecule has 1 amide bonds. The summed E-state index contributed by atoms with van der Waals surface area (Å²) in [5.41, 5.74) is 1.01. The Morgan fingerprint density at radius 1 is 1.42 bits per heavy atom. The number of rotatable bonds is 4. The van der Waals surface area contributed by atoms with Gasteiger partial charge in [-0.3, -0.25) is 4.79 Å². The molecule has 4 heteroatoms. The first-order chi connectivity index (χ1) is 9.16. The second kappa shape index (κ2) is 6.94. The Hall–Kier alpha value is -1.03. The molecule has 0 spiro atoms. The number of amides is 1. The highest BCUT2D eigenvalue weighted by Crippen LogP contribution is 2.31. The number of carbonyl (C=O) groups is 1. The molecule has 1 N–H and O–H groups in total. The van der Waals surface area contributed by atoms with Crippen molar-refractivity contribution in [1.29, 1.82) is 0 Å². The Morgan fingerprint density at radius 3 is 2.84 bits per heavy atom. The van der Waals surface area contributed by atoms with Crippen molar-refractivity contribution in [3.63, 3.8) is 0 Å². The maximum absolute atomic E-state index is 12.2. The van der Waals surface area contributed by atoms with Crippen molar-refractivity contribution < 1.29 is 4.79 Å². The lowest BCUT2D eigenvalue weighted by atomic mass is 10.0. The molecule has 0 bridgehead atoms. The van der Waals surface area contributed by atoms with Gasteiger partial charge in [0.2, 0.25) is 5.91 Å². The molecule has 1 aliphatic rings. The minimum absolute atomic E-state index is 0.00972. The van der Waals surface area contributed by atoms with Crippen molar-refractivity contribution in [2.24, 2.45) is 0 Å². The number of nitrogens with zero attached hydrogens (tertiary/aromatic N) is 1. The molecule has 1 aliphatic carbocycles. The minimum Gasteiger partial charge on any atom is -0.310 e. The lowest BCUT2D eigenvalue weighted by Crippen LogP contribution is -2.26. The summed E-state index contributed by atoms with van der Waals surface area (Å²) in [6, 6.07) is 3.84. The Balaban J connectivity index is 1.87. The van der Waals surface area contributed by atoms with E-state index in [1.54, 1.807) is 6.20 Å². The number of aryl methyl sites for hydroxylation is 1. The second-order valence-electron chi connectivity index (χ2n) is 5.20. The molecular formula is C15H22N2OS. The number of hydrogen-bond acceptors (Lipinski definition) is 3. The number of aromatic nitrogens is 1. The highest BCUT2D eigenvalue weighted by atomic mass is 32.2. The summed E-state index contributed by atoms with van der Waals surface area (Å²) in [7, 11) is 0. The van der Waals surface area contributed by atoms with Gasteiger partial charge in [0.05, 0.1) is 5.25 Å².